The molecule has 0 radical (unpaired) electrons. The lowest BCUT2D eigenvalue weighted by Gasteiger charge is -2.20. The number of carbonyl (C=O) groups excluding carboxylic acids is 4. The molecule has 192 valence electrons. The van der Waals surface area contributed by atoms with Crippen molar-refractivity contribution in [3.63, 3.8) is 0 Å². The molecule has 0 unspecified atom stereocenters. The van der Waals surface area contributed by atoms with Crippen LogP contribution in [0.5, 0.6) is 0 Å². The number of nitrogens with one attached hydrogen (secondary N) is 2. The molecule has 0 aromatic heterocycles. The molecule has 8 nitrogen and oxygen atoms in total. The SMILES string of the molecule is O=C(CSc1cccc(NC(=O)c2ccccc2C(=O)O)c1)Nc1cccc2c1C(=O)c1ccccc1C2=O. The molecule has 0 heterocycles. The van der Waals surface area contributed by atoms with Crippen molar-refractivity contribution < 1.29 is 29.1 Å². The van der Waals surface area contributed by atoms with Crippen molar-refractivity contribution in [1.82, 2.24) is 0 Å². The molecule has 0 fully saturated rings. The van der Waals surface area contributed by atoms with Crippen LogP contribution >= 0.6 is 11.8 Å². The molecule has 4 aromatic rings. The fourth-order valence-electron chi connectivity index (χ4n) is 4.31. The maximum atomic E-state index is 13.1. The number of carbonyl (C=O) groups is 5. The Morgan fingerprint density at radius 3 is 2.08 bits per heavy atom. The monoisotopic (exact) mass is 536 g/mol. The van der Waals surface area contributed by atoms with Crippen LogP contribution in [-0.2, 0) is 4.79 Å². The third kappa shape index (κ3) is 5.21. The summed E-state index contributed by atoms with van der Waals surface area (Å²) < 4.78 is 0. The zero-order chi connectivity index (χ0) is 27.5. The molecular weight excluding hydrogens is 516 g/mol. The fourth-order valence-corrected chi connectivity index (χ4v) is 5.07. The van der Waals surface area contributed by atoms with Crippen molar-refractivity contribution >= 4 is 52.5 Å². The number of hydrogen-bond donors (Lipinski definition) is 3. The minimum Gasteiger partial charge on any atom is -0.478 e. The van der Waals surface area contributed by atoms with E-state index in [0.717, 1.165) is 0 Å². The molecule has 5 rings (SSSR count). The predicted molar refractivity (Wildman–Crippen MR) is 147 cm³/mol. The molecule has 0 aliphatic heterocycles. The molecule has 2 amide bonds. The van der Waals surface area contributed by atoms with E-state index >= 15 is 0 Å². The highest BCUT2D eigenvalue weighted by Crippen LogP contribution is 2.32. The quantitative estimate of drug-likeness (QED) is 0.246. The lowest BCUT2D eigenvalue weighted by atomic mass is 9.83. The summed E-state index contributed by atoms with van der Waals surface area (Å²) in [5, 5.41) is 14.8. The lowest BCUT2D eigenvalue weighted by Crippen LogP contribution is -2.24. The number of hydrogen-bond acceptors (Lipinski definition) is 6. The van der Waals surface area contributed by atoms with Gasteiger partial charge in [-0.05, 0) is 36.4 Å². The molecule has 39 heavy (non-hydrogen) atoms. The smallest absolute Gasteiger partial charge is 0.336 e. The first-order chi connectivity index (χ1) is 18.8. The van der Waals surface area contributed by atoms with Crippen LogP contribution in [0.25, 0.3) is 0 Å². The van der Waals surface area contributed by atoms with Crippen molar-refractivity contribution in [2.75, 3.05) is 16.4 Å². The van der Waals surface area contributed by atoms with E-state index < -0.39 is 11.9 Å². The minimum atomic E-state index is -1.20. The number of amides is 2. The molecule has 1 aliphatic carbocycles. The van der Waals surface area contributed by atoms with Crippen LogP contribution in [-0.4, -0.2) is 40.2 Å². The standard InChI is InChI=1S/C30H20N2O6S/c33-25(32-24-14-6-13-23-26(24)28(35)20-10-2-1-9-19(20)27(23)34)16-39-18-8-5-7-17(15-18)31-29(36)21-11-3-4-12-22(21)30(37)38/h1-15H,16H2,(H,31,36)(H,32,33)(H,37,38). The van der Waals surface area contributed by atoms with E-state index in [1.807, 2.05) is 0 Å². The van der Waals surface area contributed by atoms with Crippen LogP contribution in [0.3, 0.4) is 0 Å². The van der Waals surface area contributed by atoms with Gasteiger partial charge in [0.15, 0.2) is 11.6 Å². The van der Waals surface area contributed by atoms with Crippen LogP contribution in [0.4, 0.5) is 11.4 Å². The third-order valence-corrected chi connectivity index (χ3v) is 7.08. The number of benzene rings is 4. The van der Waals surface area contributed by atoms with Crippen molar-refractivity contribution in [2.45, 2.75) is 4.90 Å². The molecule has 0 spiro atoms. The normalized spacial score (nSPS) is 11.8. The average molecular weight is 537 g/mol. The first kappa shape index (κ1) is 25.6. The first-order valence-electron chi connectivity index (χ1n) is 11.8. The summed E-state index contributed by atoms with van der Waals surface area (Å²) in [5.74, 6) is -2.74. The summed E-state index contributed by atoms with van der Waals surface area (Å²) in [7, 11) is 0. The van der Waals surface area contributed by atoms with E-state index in [0.29, 0.717) is 21.7 Å². The summed E-state index contributed by atoms with van der Waals surface area (Å²) in [5.41, 5.74) is 1.69. The molecule has 0 atom stereocenters. The zero-order valence-corrected chi connectivity index (χ0v) is 21.1. The second kappa shape index (κ2) is 10.8. The Balaban J connectivity index is 1.26. The Kier molecular flexibility index (Phi) is 7.07. The summed E-state index contributed by atoms with van der Waals surface area (Å²) in [6, 6.07) is 24.1. The van der Waals surface area contributed by atoms with Gasteiger partial charge in [-0.2, -0.15) is 0 Å². The average Bonchev–Trinajstić information content (AvgIpc) is 2.95. The highest BCUT2D eigenvalue weighted by molar-refractivity contribution is 8.00. The van der Waals surface area contributed by atoms with Gasteiger partial charge in [0.25, 0.3) is 5.91 Å². The number of carboxylic acids is 1. The highest BCUT2D eigenvalue weighted by Gasteiger charge is 2.31. The first-order valence-corrected chi connectivity index (χ1v) is 12.8. The van der Waals surface area contributed by atoms with Gasteiger partial charge >= 0.3 is 5.97 Å². The number of rotatable bonds is 7. The molecular formula is C30H20N2O6S. The molecule has 3 N–H and O–H groups in total. The largest absolute Gasteiger partial charge is 0.478 e. The van der Waals surface area contributed by atoms with Gasteiger partial charge in [-0.25, -0.2) is 4.79 Å². The summed E-state index contributed by atoms with van der Waals surface area (Å²) in [6.45, 7) is 0. The second-order valence-electron chi connectivity index (χ2n) is 8.60. The molecule has 1 aliphatic rings. The zero-order valence-electron chi connectivity index (χ0n) is 20.3. The van der Waals surface area contributed by atoms with Gasteiger partial charge < -0.3 is 15.7 Å². The number of anilines is 2. The molecule has 0 saturated heterocycles. The third-order valence-electron chi connectivity index (χ3n) is 6.09. The van der Waals surface area contributed by atoms with Gasteiger partial charge in [-0.3, -0.25) is 19.2 Å². The van der Waals surface area contributed by atoms with Crippen LogP contribution < -0.4 is 10.6 Å². The van der Waals surface area contributed by atoms with Gasteiger partial charge in [-0.1, -0.05) is 54.6 Å². The highest BCUT2D eigenvalue weighted by atomic mass is 32.2. The molecule has 4 aromatic carbocycles. The number of aromatic carboxylic acids is 1. The molecule has 0 saturated carbocycles. The number of carboxylic acid groups (broad SMARTS) is 1. The predicted octanol–water partition coefficient (Wildman–Crippen LogP) is 5.14. The van der Waals surface area contributed by atoms with E-state index in [2.05, 4.69) is 10.6 Å². The van der Waals surface area contributed by atoms with Gasteiger partial charge in [0.1, 0.15) is 0 Å². The number of fused-ring (bicyclic) bond motifs is 2. The van der Waals surface area contributed by atoms with Crippen molar-refractivity contribution in [2.24, 2.45) is 0 Å². The Labute approximate surface area is 227 Å². The Morgan fingerprint density at radius 1 is 0.692 bits per heavy atom. The number of thioether (sulfide) groups is 1. The second-order valence-corrected chi connectivity index (χ2v) is 9.65. The van der Waals surface area contributed by atoms with Crippen molar-refractivity contribution in [1.29, 1.82) is 0 Å². The minimum absolute atomic E-state index is 0.00163. The lowest BCUT2D eigenvalue weighted by molar-refractivity contribution is -0.113. The Hall–Kier alpha value is -5.02. The van der Waals surface area contributed by atoms with Gasteiger partial charge in [0.2, 0.25) is 5.91 Å². The van der Waals surface area contributed by atoms with E-state index in [1.165, 1.54) is 23.9 Å². The number of ketones is 2. The van der Waals surface area contributed by atoms with Gasteiger partial charge in [0.05, 0.1) is 28.1 Å². The fraction of sp³-hybridized carbons (Fsp3) is 0.0333. The van der Waals surface area contributed by atoms with Crippen LogP contribution in [0, 0.1) is 0 Å². The van der Waals surface area contributed by atoms with Crippen LogP contribution in [0.15, 0.2) is 95.9 Å². The van der Waals surface area contributed by atoms with Gasteiger partial charge in [-0.15, -0.1) is 11.8 Å². The Morgan fingerprint density at radius 2 is 1.33 bits per heavy atom. The maximum Gasteiger partial charge on any atom is 0.336 e. The molecule has 9 heteroatoms. The van der Waals surface area contributed by atoms with E-state index in [1.54, 1.807) is 78.9 Å². The van der Waals surface area contributed by atoms with E-state index in [9.17, 15) is 29.1 Å². The Bertz CT molecular complexity index is 1680. The van der Waals surface area contributed by atoms with E-state index in [4.69, 9.17) is 0 Å². The van der Waals surface area contributed by atoms with Crippen molar-refractivity contribution in [3.05, 3.63) is 124 Å². The maximum absolute atomic E-state index is 13.1. The molecule has 0 bridgehead atoms. The van der Waals surface area contributed by atoms with E-state index in [-0.39, 0.29) is 51.2 Å². The van der Waals surface area contributed by atoms with Crippen LogP contribution in [0.1, 0.15) is 52.6 Å². The van der Waals surface area contributed by atoms with Crippen LogP contribution in [0.2, 0.25) is 0 Å². The van der Waals surface area contributed by atoms with Gasteiger partial charge in [0, 0.05) is 27.3 Å². The summed E-state index contributed by atoms with van der Waals surface area (Å²) in [6.07, 6.45) is 0. The summed E-state index contributed by atoms with van der Waals surface area (Å²) >= 11 is 1.21. The topological polar surface area (TPSA) is 130 Å². The summed E-state index contributed by atoms with van der Waals surface area (Å²) in [4.78, 5) is 63.6. The van der Waals surface area contributed by atoms with Crippen molar-refractivity contribution in [3.8, 4) is 0 Å².